The van der Waals surface area contributed by atoms with E-state index in [1.807, 2.05) is 0 Å². The van der Waals surface area contributed by atoms with Crippen molar-refractivity contribution in [1.29, 1.82) is 0 Å². The summed E-state index contributed by atoms with van der Waals surface area (Å²) in [4.78, 5) is 19.2. The Balaban J connectivity index is 1.26. The lowest BCUT2D eigenvalue weighted by atomic mass is 9.86. The molecule has 5 nitrogen and oxygen atoms in total. The molecule has 1 aromatic heterocycles. The fraction of sp³-hybridized carbons (Fsp3) is 0.765. The Kier molecular flexibility index (Phi) is 4.64. The van der Waals surface area contributed by atoms with Gasteiger partial charge < -0.3 is 10.1 Å². The molecule has 0 radical (unpaired) electrons. The number of hydrogen-bond donors (Lipinski definition) is 1. The van der Waals surface area contributed by atoms with Crippen molar-refractivity contribution in [3.63, 3.8) is 0 Å². The minimum atomic E-state index is 0.148. The van der Waals surface area contributed by atoms with E-state index in [0.29, 0.717) is 12.3 Å². The SMILES string of the molecule is O=C(C[C@H]1C[C@H]2CC[C@H]1C2)Nc1nc(CN2CCOCC2)cs1. The van der Waals surface area contributed by atoms with Gasteiger partial charge in [-0.15, -0.1) is 11.3 Å². The highest BCUT2D eigenvalue weighted by molar-refractivity contribution is 7.13. The smallest absolute Gasteiger partial charge is 0.226 e. The number of thiazole rings is 1. The van der Waals surface area contributed by atoms with E-state index in [1.165, 1.54) is 37.0 Å². The minimum Gasteiger partial charge on any atom is -0.379 e. The van der Waals surface area contributed by atoms with E-state index in [2.05, 4.69) is 20.6 Å². The van der Waals surface area contributed by atoms with Crippen LogP contribution in [0.5, 0.6) is 0 Å². The van der Waals surface area contributed by atoms with E-state index in [0.717, 1.165) is 55.5 Å². The largest absolute Gasteiger partial charge is 0.379 e. The third-order valence-electron chi connectivity index (χ3n) is 5.62. The van der Waals surface area contributed by atoms with Gasteiger partial charge in [-0.1, -0.05) is 6.42 Å². The molecule has 0 aromatic carbocycles. The minimum absolute atomic E-state index is 0.148. The van der Waals surface area contributed by atoms with Crippen LogP contribution in [0, 0.1) is 17.8 Å². The highest BCUT2D eigenvalue weighted by Crippen LogP contribution is 2.49. The number of carbonyl (C=O) groups excluding carboxylic acids is 1. The zero-order valence-electron chi connectivity index (χ0n) is 13.5. The number of fused-ring (bicyclic) bond motifs is 2. The summed E-state index contributed by atoms with van der Waals surface area (Å²) in [6.45, 7) is 4.38. The molecule has 0 unspecified atom stereocenters. The van der Waals surface area contributed by atoms with Crippen molar-refractivity contribution in [2.75, 3.05) is 31.6 Å². The fourth-order valence-electron chi connectivity index (χ4n) is 4.46. The Bertz CT molecular complexity index is 556. The molecule has 1 aliphatic heterocycles. The maximum absolute atomic E-state index is 12.3. The van der Waals surface area contributed by atoms with Crippen molar-refractivity contribution in [2.24, 2.45) is 17.8 Å². The molecule has 3 fully saturated rings. The van der Waals surface area contributed by atoms with Crippen LogP contribution in [-0.2, 0) is 16.1 Å². The van der Waals surface area contributed by atoms with Crippen molar-refractivity contribution >= 4 is 22.4 Å². The van der Waals surface area contributed by atoms with Crippen LogP contribution in [0.2, 0.25) is 0 Å². The molecule has 2 bridgehead atoms. The molecule has 1 N–H and O–H groups in total. The maximum Gasteiger partial charge on any atom is 0.226 e. The summed E-state index contributed by atoms with van der Waals surface area (Å²) in [6.07, 6.45) is 6.03. The molecule has 2 aliphatic carbocycles. The van der Waals surface area contributed by atoms with Gasteiger partial charge >= 0.3 is 0 Å². The third-order valence-corrected chi connectivity index (χ3v) is 6.43. The van der Waals surface area contributed by atoms with Crippen LogP contribution in [0.3, 0.4) is 0 Å². The molecule has 4 rings (SSSR count). The average Bonchev–Trinajstić information content (AvgIpc) is 3.26. The Morgan fingerprint density at radius 2 is 2.22 bits per heavy atom. The lowest BCUT2D eigenvalue weighted by molar-refractivity contribution is -0.117. The van der Waals surface area contributed by atoms with Crippen molar-refractivity contribution in [2.45, 2.75) is 38.6 Å². The molecule has 6 heteroatoms. The number of anilines is 1. The van der Waals surface area contributed by atoms with E-state index >= 15 is 0 Å². The van der Waals surface area contributed by atoms with Crippen molar-refractivity contribution in [3.05, 3.63) is 11.1 Å². The molecular formula is C17H25N3O2S. The van der Waals surface area contributed by atoms with E-state index < -0.39 is 0 Å². The van der Waals surface area contributed by atoms with E-state index in [4.69, 9.17) is 4.74 Å². The van der Waals surface area contributed by atoms with Gasteiger partial charge in [-0.2, -0.15) is 0 Å². The average molecular weight is 335 g/mol. The molecule has 2 saturated carbocycles. The maximum atomic E-state index is 12.3. The number of ether oxygens (including phenoxy) is 1. The van der Waals surface area contributed by atoms with Crippen molar-refractivity contribution in [3.8, 4) is 0 Å². The van der Waals surface area contributed by atoms with E-state index in [9.17, 15) is 4.79 Å². The zero-order chi connectivity index (χ0) is 15.6. The summed E-state index contributed by atoms with van der Waals surface area (Å²) in [5, 5.41) is 5.82. The monoisotopic (exact) mass is 335 g/mol. The van der Waals surface area contributed by atoms with Crippen LogP contribution in [0.15, 0.2) is 5.38 Å². The van der Waals surface area contributed by atoms with Gasteiger partial charge in [0.2, 0.25) is 5.91 Å². The molecule has 1 amide bonds. The lowest BCUT2D eigenvalue weighted by Gasteiger charge is -2.25. The second kappa shape index (κ2) is 6.87. The number of morpholine rings is 1. The predicted octanol–water partition coefficient (Wildman–Crippen LogP) is 2.74. The lowest BCUT2D eigenvalue weighted by Crippen LogP contribution is -2.35. The summed E-state index contributed by atoms with van der Waals surface area (Å²) in [5.41, 5.74) is 1.05. The Labute approximate surface area is 141 Å². The number of aromatic nitrogens is 1. The highest BCUT2D eigenvalue weighted by Gasteiger charge is 2.40. The second-order valence-electron chi connectivity index (χ2n) is 7.22. The molecule has 3 aliphatic rings. The Morgan fingerprint density at radius 3 is 2.96 bits per heavy atom. The zero-order valence-corrected chi connectivity index (χ0v) is 14.3. The molecule has 3 atom stereocenters. The first-order chi connectivity index (χ1) is 11.3. The topological polar surface area (TPSA) is 54.5 Å². The predicted molar refractivity (Wildman–Crippen MR) is 90.4 cm³/mol. The van der Waals surface area contributed by atoms with Crippen LogP contribution in [0.1, 0.15) is 37.8 Å². The molecule has 0 spiro atoms. The van der Waals surface area contributed by atoms with Crippen LogP contribution in [-0.4, -0.2) is 42.1 Å². The molecule has 1 saturated heterocycles. The molecule has 2 heterocycles. The standard InChI is InChI=1S/C17H25N3O2S/c21-16(9-14-8-12-1-2-13(14)7-12)19-17-18-15(11-23-17)10-20-3-5-22-6-4-20/h11-14H,1-10H2,(H,18,19,21)/t12-,13-,14+/m0/s1. The van der Waals surface area contributed by atoms with Gasteiger partial charge in [-0.05, 0) is 37.0 Å². The van der Waals surface area contributed by atoms with Crippen LogP contribution in [0.25, 0.3) is 0 Å². The number of amides is 1. The normalized spacial score (nSPS) is 30.7. The Morgan fingerprint density at radius 1 is 1.35 bits per heavy atom. The molecule has 1 aromatic rings. The summed E-state index contributed by atoms with van der Waals surface area (Å²) in [5.74, 6) is 2.47. The first-order valence-electron chi connectivity index (χ1n) is 8.80. The van der Waals surface area contributed by atoms with Crippen LogP contribution >= 0.6 is 11.3 Å². The molecule has 23 heavy (non-hydrogen) atoms. The van der Waals surface area contributed by atoms with Crippen molar-refractivity contribution < 1.29 is 9.53 Å². The van der Waals surface area contributed by atoms with Gasteiger partial charge in [-0.25, -0.2) is 4.98 Å². The number of carbonyl (C=O) groups is 1. The van der Waals surface area contributed by atoms with Gasteiger partial charge in [0, 0.05) is 31.4 Å². The summed E-state index contributed by atoms with van der Waals surface area (Å²) in [7, 11) is 0. The Hall–Kier alpha value is -0.980. The number of hydrogen-bond acceptors (Lipinski definition) is 5. The van der Waals surface area contributed by atoms with Crippen molar-refractivity contribution in [1.82, 2.24) is 9.88 Å². The molecular weight excluding hydrogens is 310 g/mol. The fourth-order valence-corrected chi connectivity index (χ4v) is 5.18. The van der Waals surface area contributed by atoms with Gasteiger partial charge in [0.25, 0.3) is 0 Å². The summed E-state index contributed by atoms with van der Waals surface area (Å²) in [6, 6.07) is 0. The van der Waals surface area contributed by atoms with E-state index in [1.54, 1.807) is 0 Å². The molecule has 126 valence electrons. The third kappa shape index (κ3) is 3.75. The summed E-state index contributed by atoms with van der Waals surface area (Å²) >= 11 is 1.54. The van der Waals surface area contributed by atoms with Gasteiger partial charge in [0.15, 0.2) is 5.13 Å². The van der Waals surface area contributed by atoms with Gasteiger partial charge in [0.05, 0.1) is 18.9 Å². The highest BCUT2D eigenvalue weighted by atomic mass is 32.1. The second-order valence-corrected chi connectivity index (χ2v) is 8.08. The van der Waals surface area contributed by atoms with Crippen LogP contribution in [0.4, 0.5) is 5.13 Å². The van der Waals surface area contributed by atoms with Crippen LogP contribution < -0.4 is 5.32 Å². The van der Waals surface area contributed by atoms with Gasteiger partial charge in [-0.3, -0.25) is 9.69 Å². The summed E-state index contributed by atoms with van der Waals surface area (Å²) < 4.78 is 5.36. The quantitative estimate of drug-likeness (QED) is 0.899. The van der Waals surface area contributed by atoms with E-state index in [-0.39, 0.29) is 5.91 Å². The first kappa shape index (κ1) is 15.5. The number of nitrogens with one attached hydrogen (secondary N) is 1. The van der Waals surface area contributed by atoms with Gasteiger partial charge in [0.1, 0.15) is 0 Å². The first-order valence-corrected chi connectivity index (χ1v) is 9.68. The number of nitrogens with zero attached hydrogens (tertiary/aromatic N) is 2. The number of rotatable bonds is 5.